The molecule has 2 N–H and O–H groups in total. The number of benzene rings is 1. The summed E-state index contributed by atoms with van der Waals surface area (Å²) >= 11 is 0. The molecule has 3 rings (SSSR count). The molecule has 1 saturated heterocycles. The number of fused-ring (bicyclic) bond motifs is 1. The molecule has 5 nitrogen and oxygen atoms in total. The Kier molecular flexibility index (Phi) is 2.83. The second-order valence-corrected chi connectivity index (χ2v) is 4.66. The van der Waals surface area contributed by atoms with Crippen LogP contribution in [-0.4, -0.2) is 43.2 Å². The van der Waals surface area contributed by atoms with E-state index in [-0.39, 0.29) is 11.9 Å². The second-order valence-electron chi connectivity index (χ2n) is 4.66. The van der Waals surface area contributed by atoms with Crippen molar-refractivity contribution in [2.75, 3.05) is 26.3 Å². The van der Waals surface area contributed by atoms with E-state index in [0.717, 1.165) is 13.0 Å². The number of rotatable bonds is 1. The number of carbonyl (C=O) groups excluding carboxylic acids is 1. The SMILES string of the molecule is N[C@H]1CCN(C(=O)c2ccc3c(c2)OCCO3)C1. The van der Waals surface area contributed by atoms with Crippen molar-refractivity contribution >= 4 is 5.91 Å². The van der Waals surface area contributed by atoms with Crippen LogP contribution in [0.5, 0.6) is 11.5 Å². The van der Waals surface area contributed by atoms with E-state index in [9.17, 15) is 4.79 Å². The predicted molar refractivity (Wildman–Crippen MR) is 65.9 cm³/mol. The van der Waals surface area contributed by atoms with Gasteiger partial charge >= 0.3 is 0 Å². The molecule has 96 valence electrons. The van der Waals surface area contributed by atoms with E-state index in [1.807, 2.05) is 0 Å². The Morgan fingerprint density at radius 2 is 2.06 bits per heavy atom. The molecule has 1 aromatic carbocycles. The molecule has 1 amide bonds. The van der Waals surface area contributed by atoms with Gasteiger partial charge in [0.15, 0.2) is 11.5 Å². The Labute approximate surface area is 105 Å². The summed E-state index contributed by atoms with van der Waals surface area (Å²) in [7, 11) is 0. The van der Waals surface area contributed by atoms with Gasteiger partial charge in [0.1, 0.15) is 13.2 Å². The van der Waals surface area contributed by atoms with E-state index in [0.29, 0.717) is 36.8 Å². The van der Waals surface area contributed by atoms with Gasteiger partial charge in [0.05, 0.1) is 0 Å². The van der Waals surface area contributed by atoms with Crippen LogP contribution in [0, 0.1) is 0 Å². The summed E-state index contributed by atoms with van der Waals surface area (Å²) in [5.74, 6) is 1.37. The van der Waals surface area contributed by atoms with E-state index in [2.05, 4.69) is 0 Å². The number of hydrogen-bond donors (Lipinski definition) is 1. The van der Waals surface area contributed by atoms with Gasteiger partial charge in [-0.1, -0.05) is 0 Å². The highest BCUT2D eigenvalue weighted by atomic mass is 16.6. The predicted octanol–water partition coefficient (Wildman–Crippen LogP) is 0.631. The van der Waals surface area contributed by atoms with Crippen LogP contribution in [0.3, 0.4) is 0 Å². The molecule has 2 aliphatic heterocycles. The van der Waals surface area contributed by atoms with E-state index in [1.54, 1.807) is 23.1 Å². The maximum atomic E-state index is 12.3. The molecule has 0 bridgehead atoms. The van der Waals surface area contributed by atoms with Crippen LogP contribution in [0.1, 0.15) is 16.8 Å². The summed E-state index contributed by atoms with van der Waals surface area (Å²) in [4.78, 5) is 14.0. The quantitative estimate of drug-likeness (QED) is 0.791. The highest BCUT2D eigenvalue weighted by Crippen LogP contribution is 2.31. The molecule has 0 aromatic heterocycles. The van der Waals surface area contributed by atoms with E-state index in [4.69, 9.17) is 15.2 Å². The zero-order valence-electron chi connectivity index (χ0n) is 10.1. The number of carbonyl (C=O) groups is 1. The fraction of sp³-hybridized carbons (Fsp3) is 0.462. The lowest BCUT2D eigenvalue weighted by molar-refractivity contribution is 0.0789. The Bertz CT molecular complexity index is 475. The molecule has 2 heterocycles. The van der Waals surface area contributed by atoms with Gasteiger partial charge in [-0.3, -0.25) is 4.79 Å². The van der Waals surface area contributed by atoms with E-state index in [1.165, 1.54) is 0 Å². The first-order valence-corrected chi connectivity index (χ1v) is 6.18. The standard InChI is InChI=1S/C13H16N2O3/c14-10-3-4-15(8-10)13(16)9-1-2-11-12(7-9)18-6-5-17-11/h1-2,7,10H,3-6,8,14H2/t10-/m0/s1. The van der Waals surface area contributed by atoms with Gasteiger partial charge in [0, 0.05) is 24.7 Å². The largest absolute Gasteiger partial charge is 0.486 e. The number of nitrogens with zero attached hydrogens (tertiary/aromatic N) is 1. The average molecular weight is 248 g/mol. The Hall–Kier alpha value is -1.75. The van der Waals surface area contributed by atoms with Gasteiger partial charge in [-0.15, -0.1) is 0 Å². The molecule has 0 spiro atoms. The van der Waals surface area contributed by atoms with Crippen molar-refractivity contribution in [3.63, 3.8) is 0 Å². The minimum Gasteiger partial charge on any atom is -0.486 e. The number of nitrogens with two attached hydrogens (primary N) is 1. The molecular formula is C13H16N2O3. The van der Waals surface area contributed by atoms with Crippen LogP contribution < -0.4 is 15.2 Å². The average Bonchev–Trinajstić information content (AvgIpc) is 2.84. The van der Waals surface area contributed by atoms with Crippen molar-refractivity contribution in [2.45, 2.75) is 12.5 Å². The van der Waals surface area contributed by atoms with Crippen molar-refractivity contribution < 1.29 is 14.3 Å². The van der Waals surface area contributed by atoms with Crippen LogP contribution in [-0.2, 0) is 0 Å². The number of amides is 1. The molecule has 1 fully saturated rings. The first-order chi connectivity index (χ1) is 8.74. The molecule has 0 aliphatic carbocycles. The first kappa shape index (κ1) is 11.3. The van der Waals surface area contributed by atoms with Gasteiger partial charge < -0.3 is 20.1 Å². The molecule has 2 aliphatic rings. The molecule has 0 unspecified atom stereocenters. The second kappa shape index (κ2) is 4.49. The van der Waals surface area contributed by atoms with E-state index >= 15 is 0 Å². The van der Waals surface area contributed by atoms with E-state index < -0.39 is 0 Å². The van der Waals surface area contributed by atoms with Gasteiger partial charge in [-0.05, 0) is 24.6 Å². The minimum atomic E-state index is 0.0138. The lowest BCUT2D eigenvalue weighted by atomic mass is 10.1. The topological polar surface area (TPSA) is 64.8 Å². The van der Waals surface area contributed by atoms with Gasteiger partial charge in [0.2, 0.25) is 0 Å². The highest BCUT2D eigenvalue weighted by Gasteiger charge is 2.25. The third-order valence-corrected chi connectivity index (χ3v) is 3.30. The number of likely N-dealkylation sites (tertiary alicyclic amines) is 1. The normalized spacial score (nSPS) is 22.1. The summed E-state index contributed by atoms with van der Waals surface area (Å²) in [5, 5.41) is 0. The Morgan fingerprint density at radius 3 is 2.78 bits per heavy atom. The summed E-state index contributed by atoms with van der Waals surface area (Å²) in [5.41, 5.74) is 6.45. The molecule has 1 atom stereocenters. The molecule has 18 heavy (non-hydrogen) atoms. The van der Waals surface area contributed by atoms with Gasteiger partial charge in [-0.2, -0.15) is 0 Å². The first-order valence-electron chi connectivity index (χ1n) is 6.18. The fourth-order valence-corrected chi connectivity index (χ4v) is 2.33. The monoisotopic (exact) mass is 248 g/mol. The summed E-state index contributed by atoms with van der Waals surface area (Å²) in [6, 6.07) is 5.42. The zero-order valence-corrected chi connectivity index (χ0v) is 10.1. The van der Waals surface area contributed by atoms with Crippen molar-refractivity contribution in [3.05, 3.63) is 23.8 Å². The number of ether oxygens (including phenoxy) is 2. The van der Waals surface area contributed by atoms with Crippen molar-refractivity contribution in [1.29, 1.82) is 0 Å². The van der Waals surface area contributed by atoms with Gasteiger partial charge in [0.25, 0.3) is 5.91 Å². The van der Waals surface area contributed by atoms with Crippen LogP contribution >= 0.6 is 0 Å². The molecule has 5 heteroatoms. The Balaban J connectivity index is 1.81. The molecule has 0 saturated carbocycles. The van der Waals surface area contributed by atoms with Crippen LogP contribution in [0.2, 0.25) is 0 Å². The summed E-state index contributed by atoms with van der Waals surface area (Å²) < 4.78 is 10.9. The van der Waals surface area contributed by atoms with Gasteiger partial charge in [-0.25, -0.2) is 0 Å². The van der Waals surface area contributed by atoms with Crippen molar-refractivity contribution in [1.82, 2.24) is 4.90 Å². The molecule has 1 aromatic rings. The summed E-state index contributed by atoms with van der Waals surface area (Å²) in [6.45, 7) is 2.45. The highest BCUT2D eigenvalue weighted by molar-refractivity contribution is 5.95. The number of hydrogen-bond acceptors (Lipinski definition) is 4. The Morgan fingerprint density at radius 1 is 1.28 bits per heavy atom. The van der Waals surface area contributed by atoms with Crippen molar-refractivity contribution in [2.24, 2.45) is 5.73 Å². The van der Waals surface area contributed by atoms with Crippen LogP contribution in [0.4, 0.5) is 0 Å². The lowest BCUT2D eigenvalue weighted by Crippen LogP contribution is -2.32. The molecule has 0 radical (unpaired) electrons. The fourth-order valence-electron chi connectivity index (χ4n) is 2.33. The third kappa shape index (κ3) is 2.01. The zero-order chi connectivity index (χ0) is 12.5. The third-order valence-electron chi connectivity index (χ3n) is 3.30. The van der Waals surface area contributed by atoms with Crippen LogP contribution in [0.25, 0.3) is 0 Å². The van der Waals surface area contributed by atoms with Crippen molar-refractivity contribution in [3.8, 4) is 11.5 Å². The molecular weight excluding hydrogens is 232 g/mol. The van der Waals surface area contributed by atoms with Crippen LogP contribution in [0.15, 0.2) is 18.2 Å². The maximum absolute atomic E-state index is 12.3. The maximum Gasteiger partial charge on any atom is 0.254 e. The lowest BCUT2D eigenvalue weighted by Gasteiger charge is -2.20. The summed E-state index contributed by atoms with van der Waals surface area (Å²) in [6.07, 6.45) is 0.871. The minimum absolute atomic E-state index is 0.0138. The smallest absolute Gasteiger partial charge is 0.254 e.